The summed E-state index contributed by atoms with van der Waals surface area (Å²) in [6.07, 6.45) is 1.46. The number of phenolic OH excluding ortho intramolecular Hbond substituents is 1. The first-order valence-electron chi connectivity index (χ1n) is 13.5. The van der Waals surface area contributed by atoms with Crippen LogP contribution in [0.1, 0.15) is 28.8 Å². The van der Waals surface area contributed by atoms with Gasteiger partial charge in [-0.2, -0.15) is 15.0 Å². The van der Waals surface area contributed by atoms with Crippen molar-refractivity contribution in [2.75, 3.05) is 46.6 Å². The average molecular weight is 582 g/mol. The van der Waals surface area contributed by atoms with E-state index in [0.717, 1.165) is 18.4 Å². The number of aromatic nitrogens is 3. The van der Waals surface area contributed by atoms with E-state index < -0.39 is 5.91 Å². The average Bonchev–Trinajstić information content (AvgIpc) is 2.89. The van der Waals surface area contributed by atoms with E-state index in [-0.39, 0.29) is 35.5 Å². The van der Waals surface area contributed by atoms with Gasteiger partial charge >= 0.3 is 0 Å². The van der Waals surface area contributed by atoms with E-state index in [2.05, 4.69) is 10.6 Å². The number of nitrogens with one attached hydrogen (secondary N) is 2. The Balaban J connectivity index is 1.39. The first-order valence-corrected chi connectivity index (χ1v) is 13.9. The number of hydrogen-bond acceptors (Lipinski definition) is 12. The largest absolute Gasteiger partial charge is 0.507 e. The molecule has 41 heavy (non-hydrogen) atoms. The summed E-state index contributed by atoms with van der Waals surface area (Å²) in [7, 11) is 0. The minimum absolute atomic E-state index is 0.0904. The zero-order valence-electron chi connectivity index (χ0n) is 22.8. The van der Waals surface area contributed by atoms with Crippen LogP contribution in [0, 0.1) is 6.92 Å². The maximum atomic E-state index is 12.7. The van der Waals surface area contributed by atoms with E-state index in [1.54, 1.807) is 18.2 Å². The zero-order valence-corrected chi connectivity index (χ0v) is 23.6. The summed E-state index contributed by atoms with van der Waals surface area (Å²) < 4.78 is 0. The van der Waals surface area contributed by atoms with E-state index in [4.69, 9.17) is 49.5 Å². The number of halogens is 1. The lowest BCUT2D eigenvalue weighted by Gasteiger charge is -2.37. The molecule has 0 radical (unpaired) electrons. The second kappa shape index (κ2) is 12.0. The van der Waals surface area contributed by atoms with Crippen LogP contribution in [0.4, 0.5) is 29.2 Å². The van der Waals surface area contributed by atoms with E-state index in [9.17, 15) is 9.90 Å². The topological polar surface area (TPSA) is 211 Å². The minimum atomic E-state index is -0.453. The van der Waals surface area contributed by atoms with E-state index in [0.29, 0.717) is 60.4 Å². The molecule has 1 amide bonds. The molecule has 0 spiro atoms. The number of aryl methyl sites for hydroxylation is 1. The summed E-state index contributed by atoms with van der Waals surface area (Å²) in [5, 5.41) is 16.5. The molecule has 2 aliphatic heterocycles. The Morgan fingerprint density at radius 2 is 1.44 bits per heavy atom. The number of carbonyl (C=O) groups is 1. The van der Waals surface area contributed by atoms with Gasteiger partial charge in [-0.05, 0) is 61.7 Å². The molecule has 2 aliphatic rings. The van der Waals surface area contributed by atoms with Crippen LogP contribution in [-0.4, -0.2) is 76.3 Å². The Kier molecular flexibility index (Phi) is 8.42. The predicted octanol–water partition coefficient (Wildman–Crippen LogP) is 1.26. The van der Waals surface area contributed by atoms with Crippen LogP contribution in [0.2, 0.25) is 5.02 Å². The highest BCUT2D eigenvalue weighted by Crippen LogP contribution is 2.27. The maximum Gasteiger partial charge on any atom is 0.259 e. The molecule has 3 aromatic rings. The number of phenols is 1. The number of amides is 1. The van der Waals surface area contributed by atoms with Crippen LogP contribution in [-0.2, 0) is 0 Å². The summed E-state index contributed by atoms with van der Waals surface area (Å²) in [5.41, 5.74) is 27.2. The molecule has 1 aromatic heterocycles. The van der Waals surface area contributed by atoms with Crippen LogP contribution in [0.5, 0.6) is 5.75 Å². The Bertz CT molecular complexity index is 1360. The highest BCUT2D eigenvalue weighted by molar-refractivity contribution is 6.31. The molecule has 0 aliphatic carbocycles. The second-order valence-corrected chi connectivity index (χ2v) is 11.3. The molecule has 2 fully saturated rings. The molecule has 2 saturated heterocycles. The quantitative estimate of drug-likeness (QED) is 0.219. The first kappa shape index (κ1) is 28.8. The fraction of sp³-hybridized carbons (Fsp3) is 0.407. The lowest BCUT2D eigenvalue weighted by Crippen LogP contribution is -2.54. The van der Waals surface area contributed by atoms with Crippen LogP contribution < -0.4 is 43.4 Å². The van der Waals surface area contributed by atoms with Gasteiger partial charge in [0, 0.05) is 66.7 Å². The maximum absolute atomic E-state index is 12.7. The lowest BCUT2D eigenvalue weighted by molar-refractivity contribution is 0.102. The van der Waals surface area contributed by atoms with Crippen molar-refractivity contribution in [2.24, 2.45) is 22.9 Å². The molecule has 0 bridgehead atoms. The van der Waals surface area contributed by atoms with E-state index in [1.807, 2.05) is 22.8 Å². The number of carbonyl (C=O) groups excluding carboxylic acids is 1. The highest BCUT2D eigenvalue weighted by Gasteiger charge is 2.29. The number of benzene rings is 2. The van der Waals surface area contributed by atoms with Gasteiger partial charge < -0.3 is 48.5 Å². The van der Waals surface area contributed by atoms with Gasteiger partial charge in [-0.3, -0.25) is 4.79 Å². The summed E-state index contributed by atoms with van der Waals surface area (Å²) in [5.74, 6) is 0.635. The summed E-state index contributed by atoms with van der Waals surface area (Å²) in [4.78, 5) is 30.9. The van der Waals surface area contributed by atoms with Gasteiger partial charge in [0.2, 0.25) is 17.8 Å². The van der Waals surface area contributed by atoms with Crippen molar-refractivity contribution in [3.63, 3.8) is 0 Å². The Labute approximate surface area is 243 Å². The second-order valence-electron chi connectivity index (χ2n) is 10.9. The number of nitrogens with zero attached hydrogens (tertiary/aromatic N) is 5. The van der Waals surface area contributed by atoms with Crippen molar-refractivity contribution in [1.29, 1.82) is 0 Å². The number of nitrogens with two attached hydrogens (primary N) is 4. The monoisotopic (exact) mass is 581 g/mol. The van der Waals surface area contributed by atoms with Crippen molar-refractivity contribution < 1.29 is 9.90 Å². The van der Waals surface area contributed by atoms with Crippen molar-refractivity contribution >= 4 is 46.7 Å². The molecule has 11 N–H and O–H groups in total. The molecule has 13 nitrogen and oxygen atoms in total. The summed E-state index contributed by atoms with van der Waals surface area (Å²) >= 11 is 5.88. The Hall–Kier alpha value is -3.75. The SMILES string of the molecule is Cc1cc(Nc2nc(N3C[C@H](N)C[C@H](N)C3)nc(N3C[C@H](N)C[C@H](N)C3)n2)ccc1NC(=O)c1ccc(Cl)cc1O. The highest BCUT2D eigenvalue weighted by atomic mass is 35.5. The van der Waals surface area contributed by atoms with Crippen LogP contribution in [0.15, 0.2) is 36.4 Å². The minimum Gasteiger partial charge on any atom is -0.507 e. The lowest BCUT2D eigenvalue weighted by atomic mass is 10.0. The molecule has 2 aromatic carbocycles. The fourth-order valence-electron chi connectivity index (χ4n) is 5.27. The van der Waals surface area contributed by atoms with Gasteiger partial charge in [-0.25, -0.2) is 0 Å². The normalized spacial score (nSPS) is 22.9. The predicted molar refractivity (Wildman–Crippen MR) is 161 cm³/mol. The van der Waals surface area contributed by atoms with Gasteiger partial charge in [0.15, 0.2) is 0 Å². The van der Waals surface area contributed by atoms with Crippen molar-refractivity contribution in [3.8, 4) is 5.75 Å². The molecule has 0 saturated carbocycles. The van der Waals surface area contributed by atoms with Crippen molar-refractivity contribution in [2.45, 2.75) is 43.9 Å². The van der Waals surface area contributed by atoms with Gasteiger partial charge in [-0.1, -0.05) is 11.6 Å². The fourth-order valence-corrected chi connectivity index (χ4v) is 5.44. The van der Waals surface area contributed by atoms with Crippen molar-refractivity contribution in [1.82, 2.24) is 15.0 Å². The summed E-state index contributed by atoms with van der Waals surface area (Å²) in [6.45, 7) is 4.16. The molecular weight excluding hydrogens is 546 g/mol. The number of anilines is 5. The Morgan fingerprint density at radius 1 is 0.878 bits per heavy atom. The van der Waals surface area contributed by atoms with Crippen LogP contribution >= 0.6 is 11.6 Å². The van der Waals surface area contributed by atoms with Crippen molar-refractivity contribution in [3.05, 3.63) is 52.5 Å². The molecule has 4 atom stereocenters. The van der Waals surface area contributed by atoms with E-state index >= 15 is 0 Å². The molecular formula is C27H36ClN11O2. The standard InChI is InChI=1S/C27H36ClN11O2/c1-14-6-20(3-5-22(14)34-24(41)21-4-2-15(28)7-23(21)40)33-25-35-26(38-10-16(29)8-17(30)11-38)37-27(36-25)39-12-18(31)9-19(32)13-39/h2-7,16-19,40H,8-13,29-32H2,1H3,(H,34,41)(H,33,35,36,37)/t16-,17+,18-,19+. The molecule has 3 heterocycles. The third-order valence-electron chi connectivity index (χ3n) is 7.14. The third-order valence-corrected chi connectivity index (χ3v) is 7.38. The van der Waals surface area contributed by atoms with E-state index in [1.165, 1.54) is 12.1 Å². The smallest absolute Gasteiger partial charge is 0.259 e. The first-order chi connectivity index (χ1) is 19.5. The molecule has 14 heteroatoms. The zero-order chi connectivity index (χ0) is 29.3. The van der Waals surface area contributed by atoms with Gasteiger partial charge in [0.25, 0.3) is 5.91 Å². The summed E-state index contributed by atoms with van der Waals surface area (Å²) in [6, 6.07) is 9.40. The van der Waals surface area contributed by atoms with Gasteiger partial charge in [-0.15, -0.1) is 0 Å². The van der Waals surface area contributed by atoms with Gasteiger partial charge in [0.05, 0.1) is 5.56 Å². The Morgan fingerprint density at radius 3 is 1.95 bits per heavy atom. The molecule has 5 rings (SSSR count). The van der Waals surface area contributed by atoms with Gasteiger partial charge in [0.1, 0.15) is 5.75 Å². The van der Waals surface area contributed by atoms with Crippen LogP contribution in [0.25, 0.3) is 0 Å². The number of rotatable bonds is 6. The number of hydrogen-bond donors (Lipinski definition) is 7. The molecule has 0 unspecified atom stereocenters. The third kappa shape index (κ3) is 6.94. The number of aromatic hydroxyl groups is 1. The molecule has 218 valence electrons. The number of piperidine rings is 2. The van der Waals surface area contributed by atoms with Crippen LogP contribution in [0.3, 0.4) is 0 Å².